The number of carbonyl (C=O) groups excluding carboxylic acids is 2. The van der Waals surface area contributed by atoms with Gasteiger partial charge >= 0.3 is 12.1 Å². The Hall–Kier alpha value is -2.93. The van der Waals surface area contributed by atoms with Gasteiger partial charge in [0, 0.05) is 29.4 Å². The van der Waals surface area contributed by atoms with Crippen molar-refractivity contribution in [2.45, 2.75) is 32.5 Å². The van der Waals surface area contributed by atoms with E-state index < -0.39 is 17.8 Å². The number of fused-ring (bicyclic) bond motifs is 1. The maximum atomic E-state index is 12.3. The highest BCUT2D eigenvalue weighted by Crippen LogP contribution is 2.53. The minimum atomic E-state index is -0.444. The van der Waals surface area contributed by atoms with Crippen LogP contribution in [0.1, 0.15) is 20.8 Å². The van der Waals surface area contributed by atoms with Gasteiger partial charge in [-0.3, -0.25) is 9.69 Å². The van der Waals surface area contributed by atoms with Crippen molar-refractivity contribution in [1.82, 2.24) is 0 Å². The van der Waals surface area contributed by atoms with Crippen molar-refractivity contribution >= 4 is 23.4 Å². The van der Waals surface area contributed by atoms with E-state index in [1.807, 2.05) is 45.0 Å². The zero-order chi connectivity index (χ0) is 20.8. The summed E-state index contributed by atoms with van der Waals surface area (Å²) in [6, 6.07) is 7.75. The van der Waals surface area contributed by atoms with Gasteiger partial charge in [0.15, 0.2) is 0 Å². The predicted molar refractivity (Wildman–Crippen MR) is 107 cm³/mol. The monoisotopic (exact) mass is 399 g/mol. The standard InChI is InChI=1S/C20H25N5O4/c1-20(2,3)29-18(26)17-15-10-24(11-16(15)17)12-4-6-13(7-5-12)25-9-14(8-22-23-21)28-19(25)27/h4-7,14-17H,8-11H2,1-3H3/t14-,15-,16+,17?/m1/s1. The topological polar surface area (TPSA) is 108 Å². The fourth-order valence-electron chi connectivity index (χ4n) is 4.26. The van der Waals surface area contributed by atoms with Gasteiger partial charge in [0.25, 0.3) is 0 Å². The zero-order valence-electron chi connectivity index (χ0n) is 16.8. The summed E-state index contributed by atoms with van der Waals surface area (Å²) < 4.78 is 10.7. The van der Waals surface area contributed by atoms with Crippen LogP contribution in [0.15, 0.2) is 29.4 Å². The van der Waals surface area contributed by atoms with Crippen LogP contribution >= 0.6 is 0 Å². The first-order valence-electron chi connectivity index (χ1n) is 9.84. The summed E-state index contributed by atoms with van der Waals surface area (Å²) in [5, 5.41) is 3.47. The second-order valence-electron chi connectivity index (χ2n) is 8.84. The fourth-order valence-corrected chi connectivity index (χ4v) is 4.26. The number of hydrogen-bond acceptors (Lipinski definition) is 6. The molecule has 29 heavy (non-hydrogen) atoms. The first-order chi connectivity index (χ1) is 13.8. The molecule has 2 aliphatic heterocycles. The number of rotatable bonds is 5. The van der Waals surface area contributed by atoms with Gasteiger partial charge in [-0.15, -0.1) is 0 Å². The van der Waals surface area contributed by atoms with Crippen LogP contribution in [0.25, 0.3) is 10.4 Å². The van der Waals surface area contributed by atoms with Crippen LogP contribution in [0, 0.1) is 17.8 Å². The third kappa shape index (κ3) is 3.96. The Morgan fingerprint density at radius 3 is 2.41 bits per heavy atom. The van der Waals surface area contributed by atoms with Crippen LogP contribution in [0.2, 0.25) is 0 Å². The van der Waals surface area contributed by atoms with Crippen molar-refractivity contribution in [2.75, 3.05) is 36.0 Å². The Labute approximate surface area is 169 Å². The molecule has 9 heteroatoms. The molecule has 1 aromatic rings. The number of ether oxygens (including phenoxy) is 2. The van der Waals surface area contributed by atoms with E-state index in [0.717, 1.165) is 24.5 Å². The highest BCUT2D eigenvalue weighted by atomic mass is 16.6. The smallest absolute Gasteiger partial charge is 0.414 e. The minimum Gasteiger partial charge on any atom is -0.460 e. The number of benzene rings is 1. The summed E-state index contributed by atoms with van der Waals surface area (Å²) in [7, 11) is 0. The first-order valence-corrected chi connectivity index (χ1v) is 9.84. The molecule has 1 aromatic carbocycles. The zero-order valence-corrected chi connectivity index (χ0v) is 16.8. The van der Waals surface area contributed by atoms with Crippen molar-refractivity contribution in [3.63, 3.8) is 0 Å². The molecule has 154 valence electrons. The van der Waals surface area contributed by atoms with Gasteiger partial charge in [0.05, 0.1) is 19.0 Å². The molecule has 1 saturated carbocycles. The highest BCUT2D eigenvalue weighted by Gasteiger charge is 2.60. The lowest BCUT2D eigenvalue weighted by Crippen LogP contribution is -2.30. The lowest BCUT2D eigenvalue weighted by atomic mass is 10.2. The van der Waals surface area contributed by atoms with E-state index in [0.29, 0.717) is 18.4 Å². The lowest BCUT2D eigenvalue weighted by molar-refractivity contribution is -0.157. The number of azide groups is 1. The molecule has 3 fully saturated rings. The van der Waals surface area contributed by atoms with E-state index in [4.69, 9.17) is 15.0 Å². The van der Waals surface area contributed by atoms with Gasteiger partial charge in [-0.25, -0.2) is 4.79 Å². The van der Waals surface area contributed by atoms with E-state index in [2.05, 4.69) is 14.9 Å². The number of cyclic esters (lactones) is 1. The quantitative estimate of drug-likeness (QED) is 0.326. The van der Waals surface area contributed by atoms with Gasteiger partial charge in [-0.1, -0.05) is 5.11 Å². The molecule has 1 amide bonds. The molecule has 1 unspecified atom stereocenters. The SMILES string of the molecule is CC(C)(C)OC(=O)C1[C@H]2CN(c3ccc(N4C[C@@H](CN=[N+]=[N-])OC4=O)cc3)C[C@@H]12. The lowest BCUT2D eigenvalue weighted by Gasteiger charge is -2.24. The first kappa shape index (κ1) is 19.4. The normalized spacial score (nSPS) is 27.9. The number of nitrogens with zero attached hydrogens (tertiary/aromatic N) is 5. The number of esters is 1. The molecule has 4 rings (SSSR count). The average molecular weight is 399 g/mol. The molecule has 2 saturated heterocycles. The third-order valence-electron chi connectivity index (χ3n) is 5.62. The van der Waals surface area contributed by atoms with Crippen molar-refractivity contribution < 1.29 is 19.1 Å². The van der Waals surface area contributed by atoms with Crippen LogP contribution in [0.4, 0.5) is 16.2 Å². The number of amides is 1. The van der Waals surface area contributed by atoms with Gasteiger partial charge < -0.3 is 14.4 Å². The van der Waals surface area contributed by atoms with Crippen LogP contribution in [-0.4, -0.2) is 49.9 Å². The molecular weight excluding hydrogens is 374 g/mol. The maximum absolute atomic E-state index is 12.3. The van der Waals surface area contributed by atoms with Gasteiger partial charge in [0.1, 0.15) is 11.7 Å². The van der Waals surface area contributed by atoms with Crippen molar-refractivity contribution in [1.29, 1.82) is 0 Å². The number of piperidine rings is 1. The summed E-state index contributed by atoms with van der Waals surface area (Å²) in [5.74, 6) is 0.668. The fraction of sp³-hybridized carbons (Fsp3) is 0.600. The predicted octanol–water partition coefficient (Wildman–Crippen LogP) is 3.35. The van der Waals surface area contributed by atoms with E-state index in [1.165, 1.54) is 0 Å². The van der Waals surface area contributed by atoms with Crippen LogP contribution in [0.3, 0.4) is 0 Å². The molecule has 2 heterocycles. The third-order valence-corrected chi connectivity index (χ3v) is 5.62. The van der Waals surface area contributed by atoms with Gasteiger partial charge in [-0.2, -0.15) is 0 Å². The van der Waals surface area contributed by atoms with E-state index in [1.54, 1.807) is 4.90 Å². The maximum Gasteiger partial charge on any atom is 0.414 e. The second kappa shape index (κ2) is 7.15. The molecule has 0 N–H and O–H groups in total. The van der Waals surface area contributed by atoms with Gasteiger partial charge in [-0.05, 0) is 62.4 Å². The molecule has 0 spiro atoms. The van der Waals surface area contributed by atoms with Crippen molar-refractivity contribution in [3.05, 3.63) is 34.7 Å². The molecule has 0 aromatic heterocycles. The molecular formula is C20H25N5O4. The summed E-state index contributed by atoms with van der Waals surface area (Å²) in [4.78, 5) is 30.8. The van der Waals surface area contributed by atoms with Crippen LogP contribution in [-0.2, 0) is 14.3 Å². The van der Waals surface area contributed by atoms with Gasteiger partial charge in [0.2, 0.25) is 0 Å². The Kier molecular flexibility index (Phi) is 4.78. The number of hydrogen-bond donors (Lipinski definition) is 0. The molecule has 0 radical (unpaired) electrons. The largest absolute Gasteiger partial charge is 0.460 e. The van der Waals surface area contributed by atoms with Crippen LogP contribution in [0.5, 0.6) is 0 Å². The molecule has 4 atom stereocenters. The Bertz CT molecular complexity index is 847. The van der Waals surface area contributed by atoms with E-state index in [-0.39, 0.29) is 18.4 Å². The summed E-state index contributed by atoms with van der Waals surface area (Å²) in [6.45, 7) is 7.86. The average Bonchev–Trinajstić information content (AvgIpc) is 2.98. The molecule has 1 aliphatic carbocycles. The Balaban J connectivity index is 1.33. The van der Waals surface area contributed by atoms with Crippen molar-refractivity contribution in [3.8, 4) is 0 Å². The molecule has 3 aliphatic rings. The number of carbonyl (C=O) groups is 2. The van der Waals surface area contributed by atoms with E-state index in [9.17, 15) is 9.59 Å². The second-order valence-corrected chi connectivity index (χ2v) is 8.84. The molecule has 9 nitrogen and oxygen atoms in total. The summed E-state index contributed by atoms with van der Waals surface area (Å²) in [5.41, 5.74) is 9.78. The van der Waals surface area contributed by atoms with Crippen LogP contribution < -0.4 is 9.80 Å². The minimum absolute atomic E-state index is 0.0251. The Morgan fingerprint density at radius 1 is 1.21 bits per heavy atom. The number of anilines is 2. The molecule has 0 bridgehead atoms. The highest BCUT2D eigenvalue weighted by molar-refractivity contribution is 5.90. The Morgan fingerprint density at radius 2 is 1.83 bits per heavy atom. The summed E-state index contributed by atoms with van der Waals surface area (Å²) in [6.07, 6.45) is -0.855. The van der Waals surface area contributed by atoms with E-state index >= 15 is 0 Å². The summed E-state index contributed by atoms with van der Waals surface area (Å²) >= 11 is 0. The van der Waals surface area contributed by atoms with Crippen molar-refractivity contribution in [2.24, 2.45) is 22.9 Å².